The molecule has 1 rings (SSSR count). The van der Waals surface area contributed by atoms with Gasteiger partial charge in [0.1, 0.15) is 5.75 Å². The molecular formula is C12H16ClF3N2O2. The molecule has 1 aromatic carbocycles. The first-order valence-electron chi connectivity index (χ1n) is 5.61. The van der Waals surface area contributed by atoms with E-state index in [2.05, 4.69) is 4.74 Å². The van der Waals surface area contributed by atoms with E-state index in [4.69, 9.17) is 5.73 Å². The third kappa shape index (κ3) is 6.12. The molecule has 8 heteroatoms. The van der Waals surface area contributed by atoms with Crippen LogP contribution in [0.3, 0.4) is 0 Å². The Morgan fingerprint density at radius 1 is 1.35 bits per heavy atom. The summed E-state index contributed by atoms with van der Waals surface area (Å²) < 4.78 is 40.6. The number of carbonyl (C=O) groups is 1. The summed E-state index contributed by atoms with van der Waals surface area (Å²) in [6.07, 6.45) is -4.60. The number of carbonyl (C=O) groups excluding carboxylic acids is 1. The second-order valence-electron chi connectivity index (χ2n) is 3.94. The molecule has 2 N–H and O–H groups in total. The summed E-state index contributed by atoms with van der Waals surface area (Å²) in [5.41, 5.74) is 5.54. The van der Waals surface area contributed by atoms with Gasteiger partial charge in [-0.3, -0.25) is 4.79 Å². The molecule has 0 saturated carbocycles. The lowest BCUT2D eigenvalue weighted by atomic mass is 10.2. The van der Waals surface area contributed by atoms with E-state index in [1.54, 1.807) is 6.07 Å². The number of alkyl halides is 3. The van der Waals surface area contributed by atoms with Gasteiger partial charge in [-0.25, -0.2) is 0 Å². The van der Waals surface area contributed by atoms with Crippen molar-refractivity contribution in [2.45, 2.75) is 19.3 Å². The predicted molar refractivity (Wildman–Crippen MR) is 70.5 cm³/mol. The van der Waals surface area contributed by atoms with Crippen molar-refractivity contribution in [3.8, 4) is 5.75 Å². The van der Waals surface area contributed by atoms with Crippen LogP contribution in [0.4, 0.5) is 13.2 Å². The van der Waals surface area contributed by atoms with Crippen molar-refractivity contribution in [1.29, 1.82) is 0 Å². The molecule has 0 aliphatic carbocycles. The summed E-state index contributed by atoms with van der Waals surface area (Å²) in [6, 6.07) is 5.71. The Kier molecular flexibility index (Phi) is 7.38. The Labute approximate surface area is 121 Å². The summed E-state index contributed by atoms with van der Waals surface area (Å²) >= 11 is 0. The molecular weight excluding hydrogens is 297 g/mol. The Morgan fingerprint density at radius 3 is 2.50 bits per heavy atom. The maximum atomic E-state index is 12.2. The van der Waals surface area contributed by atoms with E-state index < -0.39 is 6.36 Å². The fourth-order valence-corrected chi connectivity index (χ4v) is 1.52. The maximum Gasteiger partial charge on any atom is 0.573 e. The zero-order chi connectivity index (χ0) is 14.5. The largest absolute Gasteiger partial charge is 0.573 e. The Morgan fingerprint density at radius 2 is 1.95 bits per heavy atom. The third-order valence-electron chi connectivity index (χ3n) is 2.39. The van der Waals surface area contributed by atoms with Gasteiger partial charge in [0.15, 0.2) is 0 Å². The van der Waals surface area contributed by atoms with Gasteiger partial charge in [-0.2, -0.15) is 0 Å². The molecule has 0 spiro atoms. The molecule has 0 saturated heterocycles. The average Bonchev–Trinajstić information content (AvgIpc) is 2.30. The quantitative estimate of drug-likeness (QED) is 0.908. The van der Waals surface area contributed by atoms with Crippen LogP contribution < -0.4 is 10.5 Å². The van der Waals surface area contributed by atoms with Crippen molar-refractivity contribution in [3.63, 3.8) is 0 Å². The first-order valence-corrected chi connectivity index (χ1v) is 5.61. The molecule has 20 heavy (non-hydrogen) atoms. The molecule has 4 nitrogen and oxygen atoms in total. The van der Waals surface area contributed by atoms with Gasteiger partial charge in [-0.1, -0.05) is 18.2 Å². The molecule has 0 aliphatic rings. The van der Waals surface area contributed by atoms with Crippen LogP contribution in [0.25, 0.3) is 0 Å². The molecule has 0 heterocycles. The minimum Gasteiger partial charge on any atom is -0.405 e. The van der Waals surface area contributed by atoms with Crippen LogP contribution in [0.15, 0.2) is 24.3 Å². The SMILES string of the molecule is CN(Cc1ccccc1OC(F)(F)F)C(=O)CCN.Cl. The number of hydrogen-bond acceptors (Lipinski definition) is 3. The number of benzene rings is 1. The number of amides is 1. The Balaban J connectivity index is 0.00000361. The van der Waals surface area contributed by atoms with E-state index in [0.29, 0.717) is 0 Å². The fraction of sp³-hybridized carbons (Fsp3) is 0.417. The van der Waals surface area contributed by atoms with Crippen LogP contribution >= 0.6 is 12.4 Å². The van der Waals surface area contributed by atoms with Crippen molar-refractivity contribution >= 4 is 18.3 Å². The number of halogens is 4. The van der Waals surface area contributed by atoms with E-state index >= 15 is 0 Å². The van der Waals surface area contributed by atoms with Crippen LogP contribution in [0.5, 0.6) is 5.75 Å². The molecule has 0 unspecified atom stereocenters. The normalized spacial score (nSPS) is 10.7. The summed E-state index contributed by atoms with van der Waals surface area (Å²) in [6.45, 7) is 0.231. The molecule has 0 bridgehead atoms. The van der Waals surface area contributed by atoms with Gasteiger partial charge in [-0.15, -0.1) is 25.6 Å². The lowest BCUT2D eigenvalue weighted by Gasteiger charge is -2.19. The lowest BCUT2D eigenvalue weighted by Crippen LogP contribution is -2.28. The van der Waals surface area contributed by atoms with Crippen LogP contribution in [-0.4, -0.2) is 30.8 Å². The van der Waals surface area contributed by atoms with E-state index in [0.717, 1.165) is 0 Å². The highest BCUT2D eigenvalue weighted by atomic mass is 35.5. The van der Waals surface area contributed by atoms with Crippen LogP contribution in [0.1, 0.15) is 12.0 Å². The van der Waals surface area contributed by atoms with Crippen LogP contribution in [0, 0.1) is 0 Å². The molecule has 0 fully saturated rings. The number of nitrogens with two attached hydrogens (primary N) is 1. The summed E-state index contributed by atoms with van der Waals surface area (Å²) in [5.74, 6) is -0.535. The van der Waals surface area contributed by atoms with Crippen molar-refractivity contribution in [2.75, 3.05) is 13.6 Å². The Hall–Kier alpha value is -1.47. The van der Waals surface area contributed by atoms with E-state index in [1.165, 1.54) is 30.1 Å². The molecule has 1 aromatic rings. The molecule has 0 aromatic heterocycles. The van der Waals surface area contributed by atoms with Gasteiger partial charge in [0.05, 0.1) is 0 Å². The lowest BCUT2D eigenvalue weighted by molar-refractivity contribution is -0.274. The molecule has 0 atom stereocenters. The second-order valence-corrected chi connectivity index (χ2v) is 3.94. The van der Waals surface area contributed by atoms with Crippen molar-refractivity contribution in [2.24, 2.45) is 5.73 Å². The first kappa shape index (κ1) is 18.5. The van der Waals surface area contributed by atoms with E-state index in [-0.39, 0.29) is 49.1 Å². The molecule has 114 valence electrons. The van der Waals surface area contributed by atoms with Crippen molar-refractivity contribution in [3.05, 3.63) is 29.8 Å². The number of hydrogen-bond donors (Lipinski definition) is 1. The van der Waals surface area contributed by atoms with Gasteiger partial charge in [0, 0.05) is 32.1 Å². The molecule has 0 aliphatic heterocycles. The topological polar surface area (TPSA) is 55.6 Å². The fourth-order valence-electron chi connectivity index (χ4n) is 1.52. The average molecular weight is 313 g/mol. The minimum atomic E-state index is -4.75. The summed E-state index contributed by atoms with van der Waals surface area (Å²) in [5, 5.41) is 0. The van der Waals surface area contributed by atoms with Crippen molar-refractivity contribution < 1.29 is 22.7 Å². The number of ether oxygens (including phenoxy) is 1. The smallest absolute Gasteiger partial charge is 0.405 e. The zero-order valence-corrected chi connectivity index (χ0v) is 11.6. The van der Waals surface area contributed by atoms with Gasteiger partial charge >= 0.3 is 6.36 Å². The van der Waals surface area contributed by atoms with Gasteiger partial charge in [-0.05, 0) is 6.07 Å². The standard InChI is InChI=1S/C12H15F3N2O2.ClH/c1-17(11(18)6-7-16)8-9-4-2-3-5-10(9)19-12(13,14)15;/h2-5H,6-8,16H2,1H3;1H. The zero-order valence-electron chi connectivity index (χ0n) is 10.8. The Bertz CT molecular complexity index is 441. The monoisotopic (exact) mass is 312 g/mol. The highest BCUT2D eigenvalue weighted by molar-refractivity contribution is 5.85. The molecule has 1 amide bonds. The second kappa shape index (κ2) is 7.96. The van der Waals surface area contributed by atoms with Gasteiger partial charge < -0.3 is 15.4 Å². The van der Waals surface area contributed by atoms with Crippen LogP contribution in [-0.2, 0) is 11.3 Å². The van der Waals surface area contributed by atoms with E-state index in [9.17, 15) is 18.0 Å². The number of nitrogens with zero attached hydrogens (tertiary/aromatic N) is 1. The van der Waals surface area contributed by atoms with E-state index in [1.807, 2.05) is 0 Å². The third-order valence-corrected chi connectivity index (χ3v) is 2.39. The highest BCUT2D eigenvalue weighted by Gasteiger charge is 2.32. The number of rotatable bonds is 5. The highest BCUT2D eigenvalue weighted by Crippen LogP contribution is 2.26. The first-order chi connectivity index (χ1) is 8.83. The van der Waals surface area contributed by atoms with Crippen LogP contribution in [0.2, 0.25) is 0 Å². The summed E-state index contributed by atoms with van der Waals surface area (Å²) in [4.78, 5) is 12.8. The maximum absolute atomic E-state index is 12.2. The predicted octanol–water partition coefficient (Wildman–Crippen LogP) is 2.31. The van der Waals surface area contributed by atoms with Gasteiger partial charge in [0.2, 0.25) is 5.91 Å². The van der Waals surface area contributed by atoms with Gasteiger partial charge in [0.25, 0.3) is 0 Å². The summed E-state index contributed by atoms with van der Waals surface area (Å²) in [7, 11) is 1.50. The number of para-hydroxylation sites is 1. The molecule has 0 radical (unpaired) electrons. The minimum absolute atomic E-state index is 0. The van der Waals surface area contributed by atoms with Crippen molar-refractivity contribution in [1.82, 2.24) is 4.90 Å².